The number of fused-ring (bicyclic) bond motifs is 1. The van der Waals surface area contributed by atoms with Crippen LogP contribution in [0.5, 0.6) is 5.75 Å². The Kier molecular flexibility index (Phi) is 6.14. The molecule has 0 spiro atoms. The van der Waals surface area contributed by atoms with Crippen LogP contribution in [0.1, 0.15) is 30.5 Å². The first-order valence-corrected chi connectivity index (χ1v) is 9.11. The van der Waals surface area contributed by atoms with Crippen LogP contribution in [0.2, 0.25) is 0 Å². The summed E-state index contributed by atoms with van der Waals surface area (Å²) >= 11 is 0. The molecule has 0 atom stereocenters. The molecule has 150 valence electrons. The summed E-state index contributed by atoms with van der Waals surface area (Å²) in [7, 11) is 1.66. The number of nitrogens with zero attached hydrogens (tertiary/aromatic N) is 1. The first-order chi connectivity index (χ1) is 13.4. The van der Waals surface area contributed by atoms with Gasteiger partial charge in [-0.1, -0.05) is 26.0 Å². The Bertz CT molecular complexity index is 869. The maximum absolute atomic E-state index is 13.9. The first kappa shape index (κ1) is 20.1. The number of hydrogen-bond acceptors (Lipinski definition) is 3. The van der Waals surface area contributed by atoms with Crippen LogP contribution in [0.3, 0.4) is 0 Å². The third-order valence-electron chi connectivity index (χ3n) is 4.73. The SMILES string of the molecule is CN=C(NCc1cc(F)cc2c1OCOC2)NCC(C)(C)c1cccc(F)c1. The fraction of sp³-hybridized carbons (Fsp3) is 0.381. The van der Waals surface area contributed by atoms with Gasteiger partial charge in [0.15, 0.2) is 12.8 Å². The summed E-state index contributed by atoms with van der Waals surface area (Å²) in [6.45, 7) is 5.43. The van der Waals surface area contributed by atoms with Gasteiger partial charge in [0.2, 0.25) is 0 Å². The van der Waals surface area contributed by atoms with Crippen molar-refractivity contribution in [2.45, 2.75) is 32.4 Å². The molecule has 0 radical (unpaired) electrons. The number of ether oxygens (including phenoxy) is 2. The fourth-order valence-electron chi connectivity index (χ4n) is 3.10. The zero-order chi connectivity index (χ0) is 20.1. The fourth-order valence-corrected chi connectivity index (χ4v) is 3.10. The monoisotopic (exact) mass is 389 g/mol. The lowest BCUT2D eigenvalue weighted by Crippen LogP contribution is -2.43. The van der Waals surface area contributed by atoms with Gasteiger partial charge in [0.25, 0.3) is 0 Å². The van der Waals surface area contributed by atoms with Gasteiger partial charge in [-0.25, -0.2) is 8.78 Å². The highest BCUT2D eigenvalue weighted by molar-refractivity contribution is 5.79. The van der Waals surface area contributed by atoms with E-state index in [1.807, 2.05) is 19.9 Å². The molecule has 0 saturated heterocycles. The van der Waals surface area contributed by atoms with Gasteiger partial charge in [0, 0.05) is 36.7 Å². The van der Waals surface area contributed by atoms with Crippen LogP contribution in [0.25, 0.3) is 0 Å². The van der Waals surface area contributed by atoms with Gasteiger partial charge in [0.1, 0.15) is 17.4 Å². The smallest absolute Gasteiger partial charge is 0.191 e. The molecule has 28 heavy (non-hydrogen) atoms. The van der Waals surface area contributed by atoms with Gasteiger partial charge >= 0.3 is 0 Å². The predicted octanol–water partition coefficient (Wildman–Crippen LogP) is 3.47. The van der Waals surface area contributed by atoms with E-state index in [1.54, 1.807) is 13.1 Å². The molecule has 1 heterocycles. The normalized spacial score (nSPS) is 14.2. The van der Waals surface area contributed by atoms with Crippen LogP contribution < -0.4 is 15.4 Å². The molecule has 0 unspecified atom stereocenters. The topological polar surface area (TPSA) is 54.9 Å². The number of halogens is 2. The van der Waals surface area contributed by atoms with E-state index in [4.69, 9.17) is 9.47 Å². The Morgan fingerprint density at radius 2 is 1.96 bits per heavy atom. The highest BCUT2D eigenvalue weighted by Crippen LogP contribution is 2.29. The summed E-state index contributed by atoms with van der Waals surface area (Å²) in [4.78, 5) is 4.21. The number of nitrogens with one attached hydrogen (secondary N) is 2. The molecule has 7 heteroatoms. The molecule has 3 rings (SSSR count). The van der Waals surface area contributed by atoms with Crippen molar-refractivity contribution in [3.63, 3.8) is 0 Å². The summed E-state index contributed by atoms with van der Waals surface area (Å²) in [5.41, 5.74) is 1.98. The number of hydrogen-bond donors (Lipinski definition) is 2. The van der Waals surface area contributed by atoms with Gasteiger partial charge in [-0.05, 0) is 29.8 Å². The summed E-state index contributed by atoms with van der Waals surface area (Å²) in [6, 6.07) is 9.44. The molecule has 2 N–H and O–H groups in total. The van der Waals surface area contributed by atoms with Crippen molar-refractivity contribution in [1.82, 2.24) is 10.6 Å². The van der Waals surface area contributed by atoms with Crippen LogP contribution in [0.15, 0.2) is 41.4 Å². The van der Waals surface area contributed by atoms with Crippen molar-refractivity contribution in [2.24, 2.45) is 4.99 Å². The molecule has 0 aromatic heterocycles. The molecule has 5 nitrogen and oxygen atoms in total. The van der Waals surface area contributed by atoms with Gasteiger partial charge in [-0.2, -0.15) is 0 Å². The van der Waals surface area contributed by atoms with Crippen molar-refractivity contribution in [2.75, 3.05) is 20.4 Å². The lowest BCUT2D eigenvalue weighted by molar-refractivity contribution is -0.0172. The van der Waals surface area contributed by atoms with Gasteiger partial charge in [-0.15, -0.1) is 0 Å². The van der Waals surface area contributed by atoms with Crippen molar-refractivity contribution in [3.05, 3.63) is 64.7 Å². The predicted molar refractivity (Wildman–Crippen MR) is 104 cm³/mol. The van der Waals surface area contributed by atoms with Gasteiger partial charge < -0.3 is 20.1 Å². The minimum absolute atomic E-state index is 0.153. The van der Waals surface area contributed by atoms with Gasteiger partial charge in [-0.3, -0.25) is 4.99 Å². The van der Waals surface area contributed by atoms with Crippen LogP contribution in [0.4, 0.5) is 8.78 Å². The second-order valence-corrected chi connectivity index (χ2v) is 7.34. The molecule has 1 aliphatic rings. The average Bonchev–Trinajstić information content (AvgIpc) is 2.67. The van der Waals surface area contributed by atoms with E-state index >= 15 is 0 Å². The van der Waals surface area contributed by atoms with E-state index in [0.29, 0.717) is 42.5 Å². The Hall–Kier alpha value is -2.67. The minimum Gasteiger partial charge on any atom is -0.467 e. The van der Waals surface area contributed by atoms with E-state index < -0.39 is 0 Å². The largest absolute Gasteiger partial charge is 0.467 e. The zero-order valence-electron chi connectivity index (χ0n) is 16.3. The maximum Gasteiger partial charge on any atom is 0.191 e. The number of guanidine groups is 1. The highest BCUT2D eigenvalue weighted by atomic mass is 19.1. The molecule has 2 aromatic rings. The van der Waals surface area contributed by atoms with Crippen molar-refractivity contribution in [3.8, 4) is 5.75 Å². The lowest BCUT2D eigenvalue weighted by atomic mass is 9.84. The van der Waals surface area contributed by atoms with Crippen LogP contribution in [-0.4, -0.2) is 26.3 Å². The standard InChI is InChI=1S/C21H25F2N3O2/c1-21(2,16-5-4-6-17(22)9-16)12-26-20(24-3)25-10-14-7-18(23)8-15-11-27-13-28-19(14)15/h4-9H,10-13H2,1-3H3,(H2,24,25,26). The molecular weight excluding hydrogens is 364 g/mol. The highest BCUT2D eigenvalue weighted by Gasteiger charge is 2.22. The third kappa shape index (κ3) is 4.78. The minimum atomic E-state index is -0.333. The Balaban J connectivity index is 1.64. The quantitative estimate of drug-likeness (QED) is 0.607. The lowest BCUT2D eigenvalue weighted by Gasteiger charge is -2.27. The van der Waals surface area contributed by atoms with Crippen LogP contribution >= 0.6 is 0 Å². The second-order valence-electron chi connectivity index (χ2n) is 7.34. The summed E-state index contributed by atoms with van der Waals surface area (Å²) in [5, 5.41) is 6.43. The summed E-state index contributed by atoms with van der Waals surface area (Å²) < 4.78 is 38.1. The summed E-state index contributed by atoms with van der Waals surface area (Å²) in [6.07, 6.45) is 0. The van der Waals surface area contributed by atoms with Gasteiger partial charge in [0.05, 0.1) is 6.61 Å². The van der Waals surface area contributed by atoms with E-state index in [-0.39, 0.29) is 23.8 Å². The number of aliphatic imine (C=N–C) groups is 1. The Labute approximate surface area is 163 Å². The molecule has 1 aliphatic heterocycles. The van der Waals surface area contributed by atoms with E-state index in [9.17, 15) is 8.78 Å². The second kappa shape index (κ2) is 8.56. The molecule has 0 aliphatic carbocycles. The van der Waals surface area contributed by atoms with Crippen molar-refractivity contribution >= 4 is 5.96 Å². The van der Waals surface area contributed by atoms with Crippen molar-refractivity contribution in [1.29, 1.82) is 0 Å². The Morgan fingerprint density at radius 3 is 2.71 bits per heavy atom. The Morgan fingerprint density at radius 1 is 1.14 bits per heavy atom. The van der Waals surface area contributed by atoms with Crippen molar-refractivity contribution < 1.29 is 18.3 Å². The molecular formula is C21H25F2N3O2. The van der Waals surface area contributed by atoms with E-state index in [1.165, 1.54) is 24.3 Å². The maximum atomic E-state index is 13.9. The molecule has 0 saturated carbocycles. The van der Waals surface area contributed by atoms with E-state index in [0.717, 1.165) is 5.56 Å². The van der Waals surface area contributed by atoms with E-state index in [2.05, 4.69) is 15.6 Å². The average molecular weight is 389 g/mol. The molecule has 2 aromatic carbocycles. The molecule has 0 fully saturated rings. The molecule has 0 amide bonds. The van der Waals surface area contributed by atoms with Crippen LogP contribution in [0, 0.1) is 11.6 Å². The summed E-state index contributed by atoms with van der Waals surface area (Å²) in [5.74, 6) is 0.623. The third-order valence-corrected chi connectivity index (χ3v) is 4.73. The number of benzene rings is 2. The zero-order valence-corrected chi connectivity index (χ0v) is 16.3. The number of rotatable bonds is 5. The van der Waals surface area contributed by atoms with Crippen LogP contribution in [-0.2, 0) is 23.3 Å². The molecule has 0 bridgehead atoms. The first-order valence-electron chi connectivity index (χ1n) is 9.11.